The van der Waals surface area contributed by atoms with Gasteiger partial charge in [0.2, 0.25) is 12.0 Å². The van der Waals surface area contributed by atoms with Crippen molar-refractivity contribution in [2.24, 2.45) is 4.99 Å². The van der Waals surface area contributed by atoms with Crippen LogP contribution in [0, 0.1) is 5.82 Å². The van der Waals surface area contributed by atoms with Gasteiger partial charge in [-0.25, -0.2) is 19.0 Å². The molecule has 0 saturated carbocycles. The average molecular weight is 594 g/mol. The van der Waals surface area contributed by atoms with Crippen molar-refractivity contribution in [3.05, 3.63) is 89.4 Å². The largest absolute Gasteiger partial charge is 0.474 e. The Morgan fingerprint density at radius 3 is 2.68 bits per heavy atom. The number of hydrogen-bond acceptors (Lipinski definition) is 8. The summed E-state index contributed by atoms with van der Waals surface area (Å²) in [5.74, 6) is -0.724. The van der Waals surface area contributed by atoms with Gasteiger partial charge in [0.1, 0.15) is 22.9 Å². The van der Waals surface area contributed by atoms with Crippen molar-refractivity contribution in [2.45, 2.75) is 44.3 Å². The van der Waals surface area contributed by atoms with E-state index in [0.29, 0.717) is 53.2 Å². The van der Waals surface area contributed by atoms with Gasteiger partial charge in [0, 0.05) is 42.4 Å². The first-order valence-corrected chi connectivity index (χ1v) is 14.6. The fourth-order valence-electron chi connectivity index (χ4n) is 6.03. The molecule has 11 nitrogen and oxygen atoms in total. The molecule has 4 atom stereocenters. The van der Waals surface area contributed by atoms with Crippen LogP contribution in [0.5, 0.6) is 5.88 Å². The van der Waals surface area contributed by atoms with E-state index in [1.165, 1.54) is 6.07 Å². The number of aryl methyl sites for hydroxylation is 1. The van der Waals surface area contributed by atoms with Crippen LogP contribution in [0.4, 0.5) is 15.9 Å². The molecule has 0 spiro atoms. The lowest BCUT2D eigenvalue weighted by Crippen LogP contribution is -2.71. The monoisotopic (exact) mass is 593 g/mol. The maximum Gasteiger partial charge on any atom is 0.269 e. The molecule has 2 unspecified atom stereocenters. The predicted octanol–water partition coefficient (Wildman–Crippen LogP) is 3.39. The number of benzene rings is 2. The summed E-state index contributed by atoms with van der Waals surface area (Å²) >= 11 is 0. The van der Waals surface area contributed by atoms with Crippen LogP contribution in [-0.4, -0.2) is 69.9 Å². The second-order valence-electron chi connectivity index (χ2n) is 11.3. The summed E-state index contributed by atoms with van der Waals surface area (Å²) in [6.07, 6.45) is 1.20. The molecule has 2 aromatic carbocycles. The number of hydrogen-bond donors (Lipinski definition) is 2. The van der Waals surface area contributed by atoms with Crippen molar-refractivity contribution in [1.82, 2.24) is 20.1 Å². The van der Waals surface area contributed by atoms with Crippen LogP contribution in [0.15, 0.2) is 71.9 Å². The highest BCUT2D eigenvalue weighted by Gasteiger charge is 2.47. The van der Waals surface area contributed by atoms with E-state index < -0.39 is 23.8 Å². The number of halogens is 1. The molecule has 2 saturated heterocycles. The molecule has 2 amide bonds. The van der Waals surface area contributed by atoms with E-state index in [0.717, 1.165) is 18.8 Å². The lowest BCUT2D eigenvalue weighted by atomic mass is 9.95. The normalized spacial score (nSPS) is 23.4. The third-order valence-electron chi connectivity index (χ3n) is 8.53. The second-order valence-corrected chi connectivity index (χ2v) is 11.3. The molecule has 4 aromatic rings. The number of fused-ring (bicyclic) bond motifs is 3. The maximum atomic E-state index is 14.9. The van der Waals surface area contributed by atoms with Crippen LogP contribution in [0.25, 0.3) is 11.3 Å². The van der Waals surface area contributed by atoms with Gasteiger partial charge in [0.15, 0.2) is 0 Å². The highest BCUT2D eigenvalue weighted by atomic mass is 19.1. The molecule has 8 rings (SSSR count). The molecule has 4 aliphatic heterocycles. The number of nitrogens with one attached hydrogen (secondary N) is 2. The Hall–Kier alpha value is -5.10. The lowest BCUT2D eigenvalue weighted by Gasteiger charge is -2.55. The minimum absolute atomic E-state index is 0.00534. The van der Waals surface area contributed by atoms with E-state index in [4.69, 9.17) is 14.6 Å². The zero-order valence-electron chi connectivity index (χ0n) is 23.7. The van der Waals surface area contributed by atoms with Crippen molar-refractivity contribution in [2.75, 3.05) is 23.4 Å². The average Bonchev–Trinajstić information content (AvgIpc) is 3.34. The standard InChI is InChI=1S/C32H28FN7O4/c1-17-12-13-40-32(44-17)25(27(38-40)19-10-11-24(34-14-19)39-15-23-22(39)16-43-23)30(41)37-29-31(42)36-28-20(8-5-9-21(28)33)26(35-29)18-6-3-2-4-7-18/h2-11,14,17,22-23,29H,12-13,15-16H2,1H3,(H,36,42)(H,37,41)/t17-,22?,23?,29+/m0/s1. The summed E-state index contributed by atoms with van der Waals surface area (Å²) in [5.41, 5.74) is 2.66. The smallest absolute Gasteiger partial charge is 0.269 e. The first-order valence-electron chi connectivity index (χ1n) is 14.6. The molecule has 0 aliphatic carbocycles. The van der Waals surface area contributed by atoms with Crippen LogP contribution in [-0.2, 0) is 16.1 Å². The topological polar surface area (TPSA) is 123 Å². The molecule has 0 radical (unpaired) electrons. The van der Waals surface area contributed by atoms with Gasteiger partial charge >= 0.3 is 0 Å². The quantitative estimate of drug-likeness (QED) is 0.364. The van der Waals surface area contributed by atoms with Crippen LogP contribution < -0.4 is 20.3 Å². The minimum Gasteiger partial charge on any atom is -0.474 e. The Morgan fingerprint density at radius 2 is 1.95 bits per heavy atom. The first kappa shape index (κ1) is 26.5. The molecule has 6 heterocycles. The fraction of sp³-hybridized carbons (Fsp3) is 0.281. The first-order chi connectivity index (χ1) is 21.4. The van der Waals surface area contributed by atoms with Gasteiger partial charge in [-0.05, 0) is 25.1 Å². The number of aromatic nitrogens is 3. The number of morpholine rings is 1. The molecule has 2 fully saturated rings. The Labute approximate surface area is 251 Å². The van der Waals surface area contributed by atoms with Crippen molar-refractivity contribution in [3.63, 3.8) is 0 Å². The van der Waals surface area contributed by atoms with Gasteiger partial charge in [-0.3, -0.25) is 9.59 Å². The Kier molecular flexibility index (Phi) is 6.19. The molecule has 0 bridgehead atoms. The summed E-state index contributed by atoms with van der Waals surface area (Å²) in [6.45, 7) is 3.99. The molecule has 12 heteroatoms. The Morgan fingerprint density at radius 1 is 1.09 bits per heavy atom. The van der Waals surface area contributed by atoms with Crippen LogP contribution >= 0.6 is 0 Å². The number of benzodiazepines with no additional fused rings is 1. The zero-order chi connectivity index (χ0) is 29.9. The number of nitrogens with zero attached hydrogens (tertiary/aromatic N) is 5. The highest BCUT2D eigenvalue weighted by Crippen LogP contribution is 2.37. The zero-order valence-corrected chi connectivity index (χ0v) is 23.7. The van der Waals surface area contributed by atoms with Crippen LogP contribution in [0.3, 0.4) is 0 Å². The summed E-state index contributed by atoms with van der Waals surface area (Å²) in [4.78, 5) is 39.0. The molecule has 2 aromatic heterocycles. The summed E-state index contributed by atoms with van der Waals surface area (Å²) in [7, 11) is 0. The van der Waals surface area contributed by atoms with E-state index >= 15 is 0 Å². The summed E-state index contributed by atoms with van der Waals surface area (Å²) < 4.78 is 28.2. The van der Waals surface area contributed by atoms with E-state index in [-0.39, 0.29) is 23.5 Å². The number of carbonyl (C=O) groups is 2. The summed E-state index contributed by atoms with van der Waals surface area (Å²) in [5, 5.41) is 10.1. The summed E-state index contributed by atoms with van der Waals surface area (Å²) in [6, 6.07) is 17.8. The van der Waals surface area contributed by atoms with Crippen molar-refractivity contribution in [1.29, 1.82) is 0 Å². The van der Waals surface area contributed by atoms with Crippen molar-refractivity contribution < 1.29 is 23.5 Å². The number of aliphatic imine (C=N–C) groups is 1. The molecule has 4 aliphatic rings. The van der Waals surface area contributed by atoms with Gasteiger partial charge in [0.05, 0.1) is 36.3 Å². The fourth-order valence-corrected chi connectivity index (χ4v) is 6.03. The number of pyridine rings is 1. The SMILES string of the molecule is C[C@H]1CCn2nc(-c3ccc(N4CC5OCC54)nc3)c(C(=O)N[C@H]3N=C(c4ccccc4)c4cccc(F)c4NC3=O)c2O1. The van der Waals surface area contributed by atoms with Crippen molar-refractivity contribution in [3.8, 4) is 17.1 Å². The van der Waals surface area contributed by atoms with Crippen molar-refractivity contribution >= 4 is 29.0 Å². The third-order valence-corrected chi connectivity index (χ3v) is 8.53. The Balaban J connectivity index is 1.16. The lowest BCUT2D eigenvalue weighted by molar-refractivity contribution is -0.117. The number of ether oxygens (including phenoxy) is 2. The number of carbonyl (C=O) groups excluding carboxylic acids is 2. The van der Waals surface area contributed by atoms with Gasteiger partial charge in [-0.15, -0.1) is 0 Å². The number of anilines is 2. The van der Waals surface area contributed by atoms with E-state index in [9.17, 15) is 14.0 Å². The Bertz CT molecular complexity index is 1820. The highest BCUT2D eigenvalue weighted by molar-refractivity contribution is 6.20. The number of amides is 2. The predicted molar refractivity (Wildman–Crippen MR) is 159 cm³/mol. The van der Waals surface area contributed by atoms with Crippen LogP contribution in [0.2, 0.25) is 0 Å². The van der Waals surface area contributed by atoms with E-state index in [1.807, 2.05) is 49.4 Å². The number of para-hydroxylation sites is 1. The molecular formula is C32H28FN7O4. The van der Waals surface area contributed by atoms with Gasteiger partial charge in [-0.2, -0.15) is 5.10 Å². The molecule has 2 N–H and O–H groups in total. The molecule has 222 valence electrons. The van der Waals surface area contributed by atoms with E-state index in [2.05, 4.69) is 25.5 Å². The van der Waals surface area contributed by atoms with Crippen LogP contribution in [0.1, 0.15) is 34.8 Å². The number of rotatable bonds is 5. The second kappa shape index (κ2) is 10.3. The van der Waals surface area contributed by atoms with Gasteiger partial charge < -0.3 is 25.0 Å². The maximum absolute atomic E-state index is 14.9. The minimum atomic E-state index is -1.36. The molecular weight excluding hydrogens is 565 g/mol. The van der Waals surface area contributed by atoms with E-state index in [1.54, 1.807) is 23.0 Å². The van der Waals surface area contributed by atoms with Gasteiger partial charge in [-0.1, -0.05) is 42.5 Å². The molecule has 44 heavy (non-hydrogen) atoms. The third kappa shape index (κ3) is 4.32. The van der Waals surface area contributed by atoms with Gasteiger partial charge in [0.25, 0.3) is 11.8 Å².